The summed E-state index contributed by atoms with van der Waals surface area (Å²) in [5, 5.41) is 0. The molecule has 0 aliphatic carbocycles. The SMILES string of the molecule is CCONCCCC1CCCO1. The predicted octanol–water partition coefficient (Wildman–Crippen LogP) is 1.49. The van der Waals surface area contributed by atoms with Gasteiger partial charge in [0, 0.05) is 13.2 Å². The molecule has 1 unspecified atom stereocenters. The van der Waals surface area contributed by atoms with E-state index in [0.29, 0.717) is 6.10 Å². The van der Waals surface area contributed by atoms with E-state index in [1.165, 1.54) is 19.3 Å². The number of hydrogen-bond donors (Lipinski definition) is 1. The zero-order chi connectivity index (χ0) is 8.65. The van der Waals surface area contributed by atoms with Gasteiger partial charge in [-0.15, -0.1) is 0 Å². The fourth-order valence-corrected chi connectivity index (χ4v) is 1.45. The fraction of sp³-hybridized carbons (Fsp3) is 1.00. The molecule has 1 aliphatic rings. The van der Waals surface area contributed by atoms with Crippen molar-refractivity contribution in [2.24, 2.45) is 0 Å². The second-order valence-electron chi connectivity index (χ2n) is 3.10. The zero-order valence-corrected chi connectivity index (χ0v) is 7.84. The van der Waals surface area contributed by atoms with Crippen molar-refractivity contribution in [1.82, 2.24) is 5.48 Å². The highest BCUT2D eigenvalue weighted by Crippen LogP contribution is 2.16. The van der Waals surface area contributed by atoms with Crippen LogP contribution in [0.3, 0.4) is 0 Å². The van der Waals surface area contributed by atoms with Gasteiger partial charge in [0.05, 0.1) is 12.7 Å². The van der Waals surface area contributed by atoms with Crippen molar-refractivity contribution in [2.45, 2.75) is 38.7 Å². The lowest BCUT2D eigenvalue weighted by Crippen LogP contribution is -2.17. The molecule has 72 valence electrons. The number of ether oxygens (including phenoxy) is 1. The molecule has 0 bridgehead atoms. The van der Waals surface area contributed by atoms with Crippen molar-refractivity contribution in [3.63, 3.8) is 0 Å². The van der Waals surface area contributed by atoms with Crippen LogP contribution >= 0.6 is 0 Å². The van der Waals surface area contributed by atoms with E-state index in [0.717, 1.165) is 26.2 Å². The van der Waals surface area contributed by atoms with E-state index in [1.54, 1.807) is 0 Å². The molecular weight excluding hydrogens is 154 g/mol. The van der Waals surface area contributed by atoms with E-state index in [-0.39, 0.29) is 0 Å². The molecule has 1 atom stereocenters. The number of hydrogen-bond acceptors (Lipinski definition) is 3. The van der Waals surface area contributed by atoms with Crippen molar-refractivity contribution >= 4 is 0 Å². The summed E-state index contributed by atoms with van der Waals surface area (Å²) in [6.07, 6.45) is 5.32. The van der Waals surface area contributed by atoms with E-state index >= 15 is 0 Å². The Morgan fingerprint density at radius 3 is 3.17 bits per heavy atom. The van der Waals surface area contributed by atoms with Crippen LogP contribution in [0.2, 0.25) is 0 Å². The van der Waals surface area contributed by atoms with Crippen LogP contribution in [-0.4, -0.2) is 25.9 Å². The van der Waals surface area contributed by atoms with Crippen molar-refractivity contribution in [1.29, 1.82) is 0 Å². The number of hydroxylamine groups is 1. The molecule has 1 rings (SSSR count). The van der Waals surface area contributed by atoms with Crippen molar-refractivity contribution < 1.29 is 9.57 Å². The minimum atomic E-state index is 0.522. The molecular formula is C9H19NO2. The number of nitrogens with one attached hydrogen (secondary N) is 1. The van der Waals surface area contributed by atoms with Gasteiger partial charge in [-0.2, -0.15) is 0 Å². The highest BCUT2D eigenvalue weighted by Gasteiger charge is 2.13. The molecule has 0 saturated carbocycles. The average molecular weight is 173 g/mol. The van der Waals surface area contributed by atoms with Crippen LogP contribution in [0.15, 0.2) is 0 Å². The van der Waals surface area contributed by atoms with Crippen LogP contribution in [0.1, 0.15) is 32.6 Å². The molecule has 0 amide bonds. The lowest BCUT2D eigenvalue weighted by atomic mass is 10.1. The highest BCUT2D eigenvalue weighted by molar-refractivity contribution is 4.64. The summed E-state index contributed by atoms with van der Waals surface area (Å²) in [6, 6.07) is 0. The Morgan fingerprint density at radius 2 is 2.50 bits per heavy atom. The summed E-state index contributed by atoms with van der Waals surface area (Å²) in [5.74, 6) is 0. The molecule has 1 aliphatic heterocycles. The Labute approximate surface area is 74.4 Å². The lowest BCUT2D eigenvalue weighted by Gasteiger charge is -2.08. The second-order valence-corrected chi connectivity index (χ2v) is 3.10. The third kappa shape index (κ3) is 4.04. The highest BCUT2D eigenvalue weighted by atomic mass is 16.6. The minimum Gasteiger partial charge on any atom is -0.378 e. The zero-order valence-electron chi connectivity index (χ0n) is 7.84. The van der Waals surface area contributed by atoms with Gasteiger partial charge < -0.3 is 9.57 Å². The average Bonchev–Trinajstić information content (AvgIpc) is 2.57. The first-order chi connectivity index (χ1) is 5.93. The lowest BCUT2D eigenvalue weighted by molar-refractivity contribution is 0.0450. The van der Waals surface area contributed by atoms with Crippen LogP contribution in [0, 0.1) is 0 Å². The predicted molar refractivity (Wildman–Crippen MR) is 47.8 cm³/mol. The van der Waals surface area contributed by atoms with Crippen LogP contribution in [-0.2, 0) is 9.57 Å². The smallest absolute Gasteiger partial charge is 0.0653 e. The molecule has 0 radical (unpaired) electrons. The van der Waals surface area contributed by atoms with E-state index < -0.39 is 0 Å². The fourth-order valence-electron chi connectivity index (χ4n) is 1.45. The Morgan fingerprint density at radius 1 is 1.58 bits per heavy atom. The van der Waals surface area contributed by atoms with Gasteiger partial charge in [0.2, 0.25) is 0 Å². The van der Waals surface area contributed by atoms with Gasteiger partial charge in [0.25, 0.3) is 0 Å². The van der Waals surface area contributed by atoms with E-state index in [1.807, 2.05) is 6.92 Å². The van der Waals surface area contributed by atoms with Crippen molar-refractivity contribution in [3.05, 3.63) is 0 Å². The molecule has 0 aromatic rings. The maximum absolute atomic E-state index is 5.49. The summed E-state index contributed by atoms with van der Waals surface area (Å²) in [7, 11) is 0. The minimum absolute atomic E-state index is 0.522. The molecule has 3 nitrogen and oxygen atoms in total. The Hall–Kier alpha value is -0.120. The van der Waals surface area contributed by atoms with Gasteiger partial charge in [-0.05, 0) is 32.6 Å². The first kappa shape index (κ1) is 9.96. The summed E-state index contributed by atoms with van der Waals surface area (Å²) in [6.45, 7) is 4.62. The molecule has 1 fully saturated rings. The second kappa shape index (κ2) is 6.40. The standard InChI is InChI=1S/C9H19NO2/c1-2-12-10-7-3-5-9-6-4-8-11-9/h9-10H,2-8H2,1H3. The summed E-state index contributed by atoms with van der Waals surface area (Å²) >= 11 is 0. The topological polar surface area (TPSA) is 30.5 Å². The van der Waals surface area contributed by atoms with Crippen LogP contribution in [0.5, 0.6) is 0 Å². The van der Waals surface area contributed by atoms with Gasteiger partial charge in [-0.3, -0.25) is 0 Å². The summed E-state index contributed by atoms with van der Waals surface area (Å²) in [4.78, 5) is 5.01. The Bertz CT molecular complexity index is 103. The van der Waals surface area contributed by atoms with Gasteiger partial charge >= 0.3 is 0 Å². The third-order valence-corrected chi connectivity index (χ3v) is 2.08. The van der Waals surface area contributed by atoms with Gasteiger partial charge in [0.1, 0.15) is 0 Å². The first-order valence-corrected chi connectivity index (χ1v) is 4.89. The molecule has 1 heterocycles. The molecule has 1 saturated heterocycles. The van der Waals surface area contributed by atoms with Crippen molar-refractivity contribution in [2.75, 3.05) is 19.8 Å². The first-order valence-electron chi connectivity index (χ1n) is 4.89. The number of rotatable bonds is 6. The maximum atomic E-state index is 5.49. The maximum Gasteiger partial charge on any atom is 0.0653 e. The van der Waals surface area contributed by atoms with Gasteiger partial charge in [-0.1, -0.05) is 0 Å². The van der Waals surface area contributed by atoms with E-state index in [9.17, 15) is 0 Å². The quantitative estimate of drug-likeness (QED) is 0.487. The van der Waals surface area contributed by atoms with Crippen LogP contribution in [0.4, 0.5) is 0 Å². The molecule has 0 spiro atoms. The van der Waals surface area contributed by atoms with Crippen LogP contribution < -0.4 is 5.48 Å². The van der Waals surface area contributed by atoms with Gasteiger partial charge in [0.15, 0.2) is 0 Å². The Kier molecular flexibility index (Phi) is 5.32. The largest absolute Gasteiger partial charge is 0.378 e. The molecule has 1 N–H and O–H groups in total. The third-order valence-electron chi connectivity index (χ3n) is 2.08. The molecule has 3 heteroatoms. The van der Waals surface area contributed by atoms with Gasteiger partial charge in [-0.25, -0.2) is 5.48 Å². The van der Waals surface area contributed by atoms with E-state index in [2.05, 4.69) is 5.48 Å². The Balaban J connectivity index is 1.81. The van der Waals surface area contributed by atoms with Crippen molar-refractivity contribution in [3.8, 4) is 0 Å². The van der Waals surface area contributed by atoms with Crippen LogP contribution in [0.25, 0.3) is 0 Å². The summed E-state index contributed by atoms with van der Waals surface area (Å²) in [5.41, 5.74) is 2.90. The summed E-state index contributed by atoms with van der Waals surface area (Å²) < 4.78 is 5.49. The molecule has 12 heavy (non-hydrogen) atoms. The monoisotopic (exact) mass is 173 g/mol. The molecule has 0 aromatic carbocycles. The normalized spacial score (nSPS) is 23.2. The molecule has 0 aromatic heterocycles. The van der Waals surface area contributed by atoms with E-state index in [4.69, 9.17) is 9.57 Å².